The third kappa shape index (κ3) is 5.39. The van der Waals surface area contributed by atoms with E-state index in [1.807, 2.05) is 66.8 Å². The van der Waals surface area contributed by atoms with Crippen LogP contribution in [0.15, 0.2) is 60.7 Å². The fourth-order valence-electron chi connectivity index (χ4n) is 3.95. The monoisotopic (exact) mass is 548 g/mol. The van der Waals surface area contributed by atoms with Crippen LogP contribution in [0.5, 0.6) is 0 Å². The normalized spacial score (nSPS) is 11.4. The summed E-state index contributed by atoms with van der Waals surface area (Å²) in [6, 6.07) is 17.1. The van der Waals surface area contributed by atoms with Gasteiger partial charge in [0.15, 0.2) is 0 Å². The Morgan fingerprint density at radius 3 is 1.66 bits per heavy atom. The Hall–Kier alpha value is -3.22. The number of aromatic amines is 2. The number of nitrogens with zero attached hydrogens (tertiary/aromatic N) is 2. The van der Waals surface area contributed by atoms with Gasteiger partial charge in [-0.2, -0.15) is 0 Å². The summed E-state index contributed by atoms with van der Waals surface area (Å²) >= 11 is 0. The Labute approximate surface area is 222 Å². The van der Waals surface area contributed by atoms with Crippen molar-refractivity contribution >= 4 is 46.4 Å². The molecule has 176 valence electrons. The fraction of sp³-hybridized carbons (Fsp3) is 0. The van der Waals surface area contributed by atoms with Crippen molar-refractivity contribution in [3.8, 4) is 11.1 Å². The van der Waals surface area contributed by atoms with Gasteiger partial charge >= 0.3 is 17.1 Å². The van der Waals surface area contributed by atoms with E-state index >= 15 is 0 Å². The minimum Gasteiger partial charge on any atom is -1.00 e. The number of fused-ring (bicyclic) bond motifs is 8. The SMILES string of the molecule is Fc1ccc(-c2cc3cc4nc(cc5ccc(cc6nc(cc2[nH]3)C=C6)[nH]5)C=C4)c(F)c1.[Cl-].[Cl-].[Fe+2]. The minimum atomic E-state index is -0.619. The molecule has 0 fully saturated rings. The smallest absolute Gasteiger partial charge is 1.00 e. The summed E-state index contributed by atoms with van der Waals surface area (Å²) in [7, 11) is 0. The summed E-state index contributed by atoms with van der Waals surface area (Å²) in [6.07, 6.45) is 7.69. The van der Waals surface area contributed by atoms with Gasteiger partial charge in [0.05, 0.1) is 22.8 Å². The van der Waals surface area contributed by atoms with Crippen LogP contribution < -0.4 is 24.8 Å². The molecular weight excluding hydrogens is 533 g/mol. The van der Waals surface area contributed by atoms with Gasteiger partial charge in [-0.3, -0.25) is 0 Å². The number of benzene rings is 1. The fourth-order valence-corrected chi connectivity index (χ4v) is 3.95. The Morgan fingerprint density at radius 1 is 0.543 bits per heavy atom. The van der Waals surface area contributed by atoms with Crippen molar-refractivity contribution in [3.05, 3.63) is 95.1 Å². The molecule has 2 N–H and O–H groups in total. The molecule has 0 saturated heterocycles. The van der Waals surface area contributed by atoms with E-state index in [9.17, 15) is 8.78 Å². The van der Waals surface area contributed by atoms with E-state index in [4.69, 9.17) is 0 Å². The van der Waals surface area contributed by atoms with Gasteiger partial charge in [-0.1, -0.05) is 0 Å². The molecule has 1 aromatic carbocycles. The number of nitrogens with one attached hydrogen (secondary N) is 2. The molecule has 0 spiro atoms. The topological polar surface area (TPSA) is 57.4 Å². The Balaban J connectivity index is 0.00000114. The first-order valence-corrected chi connectivity index (χ1v) is 10.1. The zero-order chi connectivity index (χ0) is 21.7. The number of aromatic nitrogens is 4. The van der Waals surface area contributed by atoms with Gasteiger partial charge in [-0.25, -0.2) is 18.7 Å². The van der Waals surface area contributed by atoms with Gasteiger partial charge in [0, 0.05) is 39.3 Å². The van der Waals surface area contributed by atoms with Gasteiger partial charge in [-0.05, 0) is 78.9 Å². The van der Waals surface area contributed by atoms with Crippen LogP contribution in [0.1, 0.15) is 22.8 Å². The Kier molecular flexibility index (Phi) is 7.98. The summed E-state index contributed by atoms with van der Waals surface area (Å²) in [6.45, 7) is 0. The molecule has 35 heavy (non-hydrogen) atoms. The quantitative estimate of drug-likeness (QED) is 0.296. The molecule has 0 unspecified atom stereocenters. The van der Waals surface area contributed by atoms with Crippen LogP contribution in [-0.2, 0) is 17.1 Å². The Morgan fingerprint density at radius 2 is 1.09 bits per heavy atom. The van der Waals surface area contributed by atoms with Crippen LogP contribution in [0.25, 0.3) is 57.5 Å². The average molecular weight is 549 g/mol. The number of rotatable bonds is 1. The predicted molar refractivity (Wildman–Crippen MR) is 124 cm³/mol. The molecule has 6 rings (SSSR count). The predicted octanol–water partition coefficient (Wildman–Crippen LogP) is 0.606. The van der Waals surface area contributed by atoms with Crippen molar-refractivity contribution in [2.24, 2.45) is 0 Å². The van der Waals surface area contributed by atoms with E-state index in [0.29, 0.717) is 16.6 Å². The van der Waals surface area contributed by atoms with Crippen molar-refractivity contribution in [1.29, 1.82) is 0 Å². The maximum atomic E-state index is 14.6. The molecule has 3 aromatic heterocycles. The number of H-pyrrole nitrogens is 2. The molecule has 5 heterocycles. The molecule has 2 aliphatic heterocycles. The van der Waals surface area contributed by atoms with Crippen molar-refractivity contribution in [3.63, 3.8) is 0 Å². The molecular formula is C26H16Cl2F2FeN4. The first-order valence-electron chi connectivity index (χ1n) is 10.1. The third-order valence-electron chi connectivity index (χ3n) is 5.39. The van der Waals surface area contributed by atoms with Crippen molar-refractivity contribution in [2.45, 2.75) is 0 Å². The zero-order valence-corrected chi connectivity index (χ0v) is 20.5. The van der Waals surface area contributed by atoms with Crippen LogP contribution in [-0.4, -0.2) is 19.9 Å². The van der Waals surface area contributed by atoms with Gasteiger partial charge in [-0.15, -0.1) is 0 Å². The van der Waals surface area contributed by atoms with E-state index in [1.165, 1.54) is 12.1 Å². The molecule has 0 amide bonds. The second-order valence-corrected chi connectivity index (χ2v) is 7.71. The number of hydrogen-bond donors (Lipinski definition) is 2. The van der Waals surface area contributed by atoms with Gasteiger partial charge in [0.1, 0.15) is 11.6 Å². The second-order valence-electron chi connectivity index (χ2n) is 7.71. The average Bonchev–Trinajstić information content (AvgIpc) is 3.53. The molecule has 8 bridgehead atoms. The standard InChI is InChI=1S/C26H16F2N4.2ClH.Fe/c27-15-1-8-23(25(28)9-15)24-13-22-12-20-5-4-18(30-20)10-16-2-3-17(29-16)11-19-6-7-21(31-19)14-26(24)32-22;;;/h1-14,29,32H;2*1H;/q;;;+2/p-2. The Bertz CT molecular complexity index is 1620. The van der Waals surface area contributed by atoms with Crippen LogP contribution in [0.4, 0.5) is 8.78 Å². The van der Waals surface area contributed by atoms with Crippen LogP contribution in [0, 0.1) is 11.6 Å². The zero-order valence-electron chi connectivity index (χ0n) is 17.8. The molecule has 9 heteroatoms. The van der Waals surface area contributed by atoms with Crippen molar-refractivity contribution in [2.75, 3.05) is 0 Å². The maximum absolute atomic E-state index is 14.6. The summed E-state index contributed by atoms with van der Waals surface area (Å²) in [5.74, 6) is -1.23. The second kappa shape index (κ2) is 10.6. The molecule has 4 nitrogen and oxygen atoms in total. The van der Waals surface area contributed by atoms with Crippen LogP contribution in [0.3, 0.4) is 0 Å². The molecule has 0 atom stereocenters. The molecule has 0 aliphatic carbocycles. The van der Waals surface area contributed by atoms with E-state index in [0.717, 1.165) is 45.4 Å². The van der Waals surface area contributed by atoms with Crippen molar-refractivity contribution in [1.82, 2.24) is 19.9 Å². The van der Waals surface area contributed by atoms with E-state index in [2.05, 4.69) is 19.9 Å². The van der Waals surface area contributed by atoms with E-state index < -0.39 is 11.6 Å². The largest absolute Gasteiger partial charge is 2.00 e. The summed E-state index contributed by atoms with van der Waals surface area (Å²) < 4.78 is 28.1. The molecule has 0 radical (unpaired) electrons. The van der Waals surface area contributed by atoms with Gasteiger partial charge < -0.3 is 34.8 Å². The summed E-state index contributed by atoms with van der Waals surface area (Å²) in [4.78, 5) is 16.0. The molecule has 4 aromatic rings. The number of halogens is 4. The molecule has 0 saturated carbocycles. The van der Waals surface area contributed by atoms with E-state index in [-0.39, 0.29) is 41.9 Å². The molecule has 2 aliphatic rings. The number of hydrogen-bond acceptors (Lipinski definition) is 2. The third-order valence-corrected chi connectivity index (χ3v) is 5.39. The minimum absolute atomic E-state index is 0. The van der Waals surface area contributed by atoms with E-state index in [1.54, 1.807) is 0 Å². The van der Waals surface area contributed by atoms with Crippen LogP contribution in [0.2, 0.25) is 0 Å². The van der Waals surface area contributed by atoms with Crippen molar-refractivity contribution < 1.29 is 50.7 Å². The first-order chi connectivity index (χ1) is 15.6. The van der Waals surface area contributed by atoms with Crippen LogP contribution >= 0.6 is 0 Å². The van der Waals surface area contributed by atoms with Gasteiger partial charge in [0.2, 0.25) is 0 Å². The summed E-state index contributed by atoms with van der Waals surface area (Å²) in [5.41, 5.74) is 7.39. The van der Waals surface area contributed by atoms with Gasteiger partial charge in [0.25, 0.3) is 0 Å². The maximum Gasteiger partial charge on any atom is 2.00 e. The first kappa shape index (κ1) is 26.4. The summed E-state index contributed by atoms with van der Waals surface area (Å²) in [5, 5.41) is 0.